The summed E-state index contributed by atoms with van der Waals surface area (Å²) in [6.07, 6.45) is 0. The van der Waals surface area contributed by atoms with E-state index in [-0.39, 0.29) is 17.2 Å². The van der Waals surface area contributed by atoms with E-state index >= 15 is 0 Å². The zero-order valence-corrected chi connectivity index (χ0v) is 12.1. The van der Waals surface area contributed by atoms with Crippen LogP contribution in [0.5, 0.6) is 11.5 Å². The van der Waals surface area contributed by atoms with E-state index in [1.807, 2.05) is 0 Å². The van der Waals surface area contributed by atoms with Crippen LogP contribution in [0, 0.1) is 10.1 Å². The number of ether oxygens (including phenoxy) is 1. The smallest absolute Gasteiger partial charge is 0.312 e. The van der Waals surface area contributed by atoms with Gasteiger partial charge < -0.3 is 4.74 Å². The lowest BCUT2D eigenvalue weighted by Crippen LogP contribution is -1.96. The minimum absolute atomic E-state index is 0.0999. The first kappa shape index (κ1) is 14.2. The number of halogens is 1. The van der Waals surface area contributed by atoms with Gasteiger partial charge in [0.2, 0.25) is 5.75 Å². The van der Waals surface area contributed by atoms with Crippen molar-refractivity contribution in [3.05, 3.63) is 62.6 Å². The Morgan fingerprint density at radius 3 is 2.60 bits per heavy atom. The molecule has 2 rings (SSSR count). The van der Waals surface area contributed by atoms with Crippen LogP contribution in [0.3, 0.4) is 0 Å². The maximum atomic E-state index is 11.3. The molecule has 0 bridgehead atoms. The lowest BCUT2D eigenvalue weighted by Gasteiger charge is -2.08. The van der Waals surface area contributed by atoms with E-state index < -0.39 is 4.92 Å². The second-order valence-electron chi connectivity index (χ2n) is 4.03. The summed E-state index contributed by atoms with van der Waals surface area (Å²) in [5, 5.41) is 11.0. The number of para-hydroxylation sites is 1. The Bertz CT molecular complexity index is 685. The molecule has 6 heteroatoms. The highest BCUT2D eigenvalue weighted by molar-refractivity contribution is 9.10. The molecule has 0 saturated carbocycles. The molecule has 0 radical (unpaired) electrons. The standard InChI is InChI=1S/C14H10BrNO4/c1-9(17)10-4-2-5-11(8-10)20-14-12(15)6-3-7-13(14)16(18)19/h2-8H,1H3. The van der Waals surface area contributed by atoms with Gasteiger partial charge in [0.15, 0.2) is 5.78 Å². The van der Waals surface area contributed by atoms with Gasteiger partial charge in [-0.3, -0.25) is 14.9 Å². The number of hydrogen-bond donors (Lipinski definition) is 0. The van der Waals surface area contributed by atoms with E-state index in [9.17, 15) is 14.9 Å². The van der Waals surface area contributed by atoms with Crippen molar-refractivity contribution in [1.29, 1.82) is 0 Å². The quantitative estimate of drug-likeness (QED) is 0.473. The molecule has 0 unspecified atom stereocenters. The molecule has 0 aromatic heterocycles. The third kappa shape index (κ3) is 3.03. The van der Waals surface area contributed by atoms with Gasteiger partial charge in [-0.1, -0.05) is 18.2 Å². The largest absolute Gasteiger partial charge is 0.449 e. The number of nitro benzene ring substituents is 1. The van der Waals surface area contributed by atoms with Crippen LogP contribution < -0.4 is 4.74 Å². The van der Waals surface area contributed by atoms with Crippen molar-refractivity contribution in [1.82, 2.24) is 0 Å². The minimum atomic E-state index is -0.519. The number of carbonyl (C=O) groups excluding carboxylic acids is 1. The highest BCUT2D eigenvalue weighted by Gasteiger charge is 2.18. The predicted molar refractivity (Wildman–Crippen MR) is 77.3 cm³/mol. The van der Waals surface area contributed by atoms with E-state index in [4.69, 9.17) is 4.74 Å². The van der Waals surface area contributed by atoms with E-state index in [2.05, 4.69) is 15.9 Å². The van der Waals surface area contributed by atoms with Crippen molar-refractivity contribution >= 4 is 27.4 Å². The number of hydrogen-bond acceptors (Lipinski definition) is 4. The second kappa shape index (κ2) is 5.83. The van der Waals surface area contributed by atoms with Crippen molar-refractivity contribution < 1.29 is 14.5 Å². The SMILES string of the molecule is CC(=O)c1cccc(Oc2c(Br)cccc2[N+](=O)[O-])c1. The monoisotopic (exact) mass is 335 g/mol. The molecule has 5 nitrogen and oxygen atoms in total. The summed E-state index contributed by atoms with van der Waals surface area (Å²) in [7, 11) is 0. The molecule has 0 heterocycles. The van der Waals surface area contributed by atoms with Crippen molar-refractivity contribution in [3.8, 4) is 11.5 Å². The summed E-state index contributed by atoms with van der Waals surface area (Å²) < 4.78 is 6.02. The minimum Gasteiger partial charge on any atom is -0.449 e. The van der Waals surface area contributed by atoms with Gasteiger partial charge in [-0.05, 0) is 41.1 Å². The summed E-state index contributed by atoms with van der Waals surface area (Å²) >= 11 is 3.22. The Balaban J connectivity index is 2.42. The van der Waals surface area contributed by atoms with Gasteiger partial charge in [-0.2, -0.15) is 0 Å². The van der Waals surface area contributed by atoms with Crippen LogP contribution in [0.15, 0.2) is 46.9 Å². The average molecular weight is 336 g/mol. The number of rotatable bonds is 4. The van der Waals surface area contributed by atoms with E-state index in [0.717, 1.165) is 0 Å². The van der Waals surface area contributed by atoms with Crippen molar-refractivity contribution in [3.63, 3.8) is 0 Å². The van der Waals surface area contributed by atoms with E-state index in [0.29, 0.717) is 15.8 Å². The lowest BCUT2D eigenvalue weighted by atomic mass is 10.1. The van der Waals surface area contributed by atoms with Crippen LogP contribution in [0.4, 0.5) is 5.69 Å². The summed E-state index contributed by atoms with van der Waals surface area (Å²) in [6.45, 7) is 1.44. The Morgan fingerprint density at radius 2 is 1.95 bits per heavy atom. The molecule has 0 saturated heterocycles. The first-order chi connectivity index (χ1) is 9.49. The summed E-state index contributed by atoms with van der Waals surface area (Å²) in [6, 6.07) is 11.1. The highest BCUT2D eigenvalue weighted by Crippen LogP contribution is 2.38. The Hall–Kier alpha value is -2.21. The Kier molecular flexibility index (Phi) is 4.14. The highest BCUT2D eigenvalue weighted by atomic mass is 79.9. The number of nitro groups is 1. The number of nitrogens with zero attached hydrogens (tertiary/aromatic N) is 1. The van der Waals surface area contributed by atoms with Gasteiger partial charge in [0.25, 0.3) is 0 Å². The van der Waals surface area contributed by atoms with Crippen LogP contribution >= 0.6 is 15.9 Å². The van der Waals surface area contributed by atoms with Crippen LogP contribution in [0.25, 0.3) is 0 Å². The zero-order chi connectivity index (χ0) is 14.7. The number of ketones is 1. The lowest BCUT2D eigenvalue weighted by molar-refractivity contribution is -0.385. The van der Waals surface area contributed by atoms with Crippen LogP contribution in [0.1, 0.15) is 17.3 Å². The van der Waals surface area contributed by atoms with Gasteiger partial charge in [0.1, 0.15) is 5.75 Å². The summed E-state index contributed by atoms with van der Waals surface area (Å²) in [5.41, 5.74) is 0.338. The molecule has 2 aromatic rings. The van der Waals surface area contributed by atoms with E-state index in [1.54, 1.807) is 36.4 Å². The Labute approximate surface area is 123 Å². The predicted octanol–water partition coefficient (Wildman–Crippen LogP) is 4.35. The fourth-order valence-corrected chi connectivity index (χ4v) is 2.08. The van der Waals surface area contributed by atoms with Crippen molar-refractivity contribution in [2.24, 2.45) is 0 Å². The molecule has 0 aliphatic rings. The number of Topliss-reactive ketones (excluding diaryl/α,β-unsaturated/α-hetero) is 1. The van der Waals surface area contributed by atoms with Crippen LogP contribution in [-0.4, -0.2) is 10.7 Å². The molecule has 0 fully saturated rings. The fourth-order valence-electron chi connectivity index (χ4n) is 1.64. The molecule has 0 aliphatic heterocycles. The molecule has 0 aliphatic carbocycles. The third-order valence-corrected chi connectivity index (χ3v) is 3.23. The van der Waals surface area contributed by atoms with Gasteiger partial charge in [0.05, 0.1) is 9.40 Å². The molecule has 0 N–H and O–H groups in total. The topological polar surface area (TPSA) is 69.4 Å². The van der Waals surface area contributed by atoms with Gasteiger partial charge in [0, 0.05) is 11.6 Å². The van der Waals surface area contributed by atoms with Crippen molar-refractivity contribution in [2.45, 2.75) is 6.92 Å². The second-order valence-corrected chi connectivity index (χ2v) is 4.89. The molecule has 0 atom stereocenters. The number of benzene rings is 2. The van der Waals surface area contributed by atoms with Gasteiger partial charge in [-0.25, -0.2) is 0 Å². The van der Waals surface area contributed by atoms with Crippen LogP contribution in [0.2, 0.25) is 0 Å². The average Bonchev–Trinajstić information content (AvgIpc) is 2.41. The number of carbonyl (C=O) groups is 1. The first-order valence-corrected chi connectivity index (χ1v) is 6.50. The third-order valence-electron chi connectivity index (χ3n) is 2.60. The first-order valence-electron chi connectivity index (χ1n) is 5.71. The molecular formula is C14H10BrNO4. The molecule has 0 amide bonds. The van der Waals surface area contributed by atoms with Crippen LogP contribution in [-0.2, 0) is 0 Å². The maximum absolute atomic E-state index is 11.3. The fraction of sp³-hybridized carbons (Fsp3) is 0.0714. The molecular weight excluding hydrogens is 326 g/mol. The van der Waals surface area contributed by atoms with E-state index in [1.165, 1.54) is 13.0 Å². The Morgan fingerprint density at radius 1 is 1.25 bits per heavy atom. The summed E-state index contributed by atoms with van der Waals surface area (Å²) in [5.74, 6) is 0.378. The maximum Gasteiger partial charge on any atom is 0.312 e. The van der Waals surface area contributed by atoms with Crippen molar-refractivity contribution in [2.75, 3.05) is 0 Å². The molecule has 102 valence electrons. The molecule has 0 spiro atoms. The summed E-state index contributed by atoms with van der Waals surface area (Å²) in [4.78, 5) is 21.8. The molecule has 2 aromatic carbocycles. The normalized spacial score (nSPS) is 10.1. The van der Waals surface area contributed by atoms with Gasteiger partial charge in [-0.15, -0.1) is 0 Å². The molecule has 20 heavy (non-hydrogen) atoms. The van der Waals surface area contributed by atoms with Gasteiger partial charge >= 0.3 is 5.69 Å². The zero-order valence-electron chi connectivity index (χ0n) is 10.5.